The van der Waals surface area contributed by atoms with Crippen molar-refractivity contribution in [2.24, 2.45) is 0 Å². The quantitative estimate of drug-likeness (QED) is 0.269. The van der Waals surface area contributed by atoms with Crippen LogP contribution in [0.1, 0.15) is 0 Å². The zero-order chi connectivity index (χ0) is 28.7. The molecule has 0 aliphatic carbocycles. The normalized spacial score (nSPS) is 15.7. The molecule has 1 saturated heterocycles. The average Bonchev–Trinajstić information content (AvgIpc) is 3.70. The van der Waals surface area contributed by atoms with Gasteiger partial charge < -0.3 is 29.5 Å². The lowest BCUT2D eigenvalue weighted by molar-refractivity contribution is -0.210. The number of nitrogens with zero attached hydrogens (tertiary/aromatic N) is 7. The van der Waals surface area contributed by atoms with Crippen molar-refractivity contribution in [2.45, 2.75) is 18.8 Å². The Morgan fingerprint density at radius 1 is 1.10 bits per heavy atom. The topological polar surface area (TPSA) is 123 Å². The van der Waals surface area contributed by atoms with E-state index >= 15 is 0 Å². The number of imidazole rings is 1. The third-order valence-electron chi connectivity index (χ3n) is 7.05. The highest BCUT2D eigenvalue weighted by atomic mass is 19.4. The Morgan fingerprint density at radius 3 is 2.61 bits per heavy atom. The minimum absolute atomic E-state index is 0.0830. The molecule has 41 heavy (non-hydrogen) atoms. The standard InChI is InChI=1S/C26H26F4N8O3/c27-17-12-16(41-14-22(39)26(28,29)30)3-4-19(17)36-8-5-35(6-9-36)7-10-37-15-32-23-20-13-18(21-2-1-11-40-21)34-38(20)25(31)33-24(23)37/h1-4,11-13,15,22,39H,5-10,14H2,(H2,31,33). The molecule has 1 atom stereocenters. The number of rotatable bonds is 8. The zero-order valence-corrected chi connectivity index (χ0v) is 21.6. The van der Waals surface area contributed by atoms with E-state index < -0.39 is 24.7 Å². The van der Waals surface area contributed by atoms with Crippen LogP contribution >= 0.6 is 0 Å². The monoisotopic (exact) mass is 574 g/mol. The molecule has 11 nitrogen and oxygen atoms in total. The molecule has 5 aromatic rings. The second-order valence-electron chi connectivity index (χ2n) is 9.69. The van der Waals surface area contributed by atoms with Gasteiger partial charge in [-0.2, -0.15) is 27.8 Å². The lowest BCUT2D eigenvalue weighted by Crippen LogP contribution is -2.47. The molecule has 5 heterocycles. The summed E-state index contributed by atoms with van der Waals surface area (Å²) in [6.45, 7) is 2.79. The van der Waals surface area contributed by atoms with Gasteiger partial charge >= 0.3 is 6.18 Å². The van der Waals surface area contributed by atoms with Crippen molar-refractivity contribution >= 4 is 28.3 Å². The lowest BCUT2D eigenvalue weighted by atomic mass is 10.2. The summed E-state index contributed by atoms with van der Waals surface area (Å²) in [6, 6.07) is 9.36. The molecule has 1 aliphatic heterocycles. The van der Waals surface area contributed by atoms with E-state index in [-0.39, 0.29) is 11.7 Å². The summed E-state index contributed by atoms with van der Waals surface area (Å²) < 4.78 is 66.0. The fraction of sp³-hybridized carbons (Fsp3) is 0.346. The van der Waals surface area contributed by atoms with Crippen molar-refractivity contribution in [3.63, 3.8) is 0 Å². The molecule has 1 aromatic carbocycles. The largest absolute Gasteiger partial charge is 0.490 e. The van der Waals surface area contributed by atoms with Crippen LogP contribution in [-0.2, 0) is 6.54 Å². The molecule has 6 rings (SSSR count). The van der Waals surface area contributed by atoms with Crippen LogP contribution < -0.4 is 15.4 Å². The van der Waals surface area contributed by atoms with Crippen molar-refractivity contribution in [1.82, 2.24) is 29.0 Å². The number of nitrogens with two attached hydrogens (primary N) is 1. The van der Waals surface area contributed by atoms with E-state index in [1.54, 1.807) is 23.2 Å². The number of nitrogen functional groups attached to an aromatic ring is 1. The third-order valence-corrected chi connectivity index (χ3v) is 7.05. The molecule has 0 spiro atoms. The first-order valence-corrected chi connectivity index (χ1v) is 12.9. The van der Waals surface area contributed by atoms with E-state index in [0.717, 1.165) is 11.6 Å². The summed E-state index contributed by atoms with van der Waals surface area (Å²) >= 11 is 0. The van der Waals surface area contributed by atoms with Crippen molar-refractivity contribution in [3.8, 4) is 17.2 Å². The number of fused-ring (bicyclic) bond motifs is 3. The summed E-state index contributed by atoms with van der Waals surface area (Å²) in [6.07, 6.45) is -4.14. The maximum atomic E-state index is 14.7. The Kier molecular flexibility index (Phi) is 6.91. The highest BCUT2D eigenvalue weighted by Gasteiger charge is 2.38. The van der Waals surface area contributed by atoms with Gasteiger partial charge in [-0.3, -0.25) is 4.90 Å². The Labute approximate surface area is 230 Å². The van der Waals surface area contributed by atoms with Gasteiger partial charge in [0, 0.05) is 45.3 Å². The summed E-state index contributed by atoms with van der Waals surface area (Å²) in [4.78, 5) is 13.2. The van der Waals surface area contributed by atoms with Crippen LogP contribution in [-0.4, -0.2) is 85.8 Å². The lowest BCUT2D eigenvalue weighted by Gasteiger charge is -2.36. The van der Waals surface area contributed by atoms with Crippen LogP contribution in [0, 0.1) is 5.82 Å². The number of furan rings is 1. The highest BCUT2D eigenvalue weighted by molar-refractivity contribution is 5.90. The summed E-state index contributed by atoms with van der Waals surface area (Å²) in [7, 11) is 0. The van der Waals surface area contributed by atoms with E-state index in [9.17, 15) is 17.6 Å². The van der Waals surface area contributed by atoms with Crippen LogP contribution in [0.5, 0.6) is 5.75 Å². The SMILES string of the molecule is Nc1nc2c(ncn2CCN2CCN(c3ccc(OCC(O)C(F)(F)F)cc3F)CC2)c2cc(-c3ccco3)nn12. The van der Waals surface area contributed by atoms with E-state index in [4.69, 9.17) is 20.0 Å². The van der Waals surface area contributed by atoms with Gasteiger partial charge in [-0.15, -0.1) is 0 Å². The van der Waals surface area contributed by atoms with Gasteiger partial charge in [0.25, 0.3) is 0 Å². The number of aromatic nitrogens is 5. The van der Waals surface area contributed by atoms with Gasteiger partial charge in [-0.1, -0.05) is 0 Å². The van der Waals surface area contributed by atoms with Crippen molar-refractivity contribution < 1.29 is 31.8 Å². The molecule has 4 aromatic heterocycles. The molecule has 0 saturated carbocycles. The number of benzene rings is 1. The highest BCUT2D eigenvalue weighted by Crippen LogP contribution is 2.28. The van der Waals surface area contributed by atoms with Gasteiger partial charge in [0.15, 0.2) is 17.5 Å². The molecule has 3 N–H and O–H groups in total. The van der Waals surface area contributed by atoms with Crippen LogP contribution in [0.2, 0.25) is 0 Å². The molecule has 1 fully saturated rings. The third kappa shape index (κ3) is 5.37. The first-order valence-electron chi connectivity index (χ1n) is 12.9. The van der Waals surface area contributed by atoms with Gasteiger partial charge in [0.1, 0.15) is 34.9 Å². The Bertz CT molecular complexity index is 1660. The fourth-order valence-corrected chi connectivity index (χ4v) is 4.83. The van der Waals surface area contributed by atoms with Crippen molar-refractivity contribution in [2.75, 3.05) is 50.0 Å². The van der Waals surface area contributed by atoms with E-state index in [1.807, 2.05) is 21.6 Å². The summed E-state index contributed by atoms with van der Waals surface area (Å²) in [5, 5.41) is 13.6. The zero-order valence-electron chi connectivity index (χ0n) is 21.6. The van der Waals surface area contributed by atoms with Gasteiger partial charge in [0.05, 0.1) is 18.3 Å². The van der Waals surface area contributed by atoms with Crippen LogP contribution in [0.25, 0.3) is 28.1 Å². The molecular weight excluding hydrogens is 548 g/mol. The van der Waals surface area contributed by atoms with Crippen LogP contribution in [0.3, 0.4) is 0 Å². The minimum Gasteiger partial charge on any atom is -0.490 e. The molecule has 1 aliphatic rings. The molecule has 1 unspecified atom stereocenters. The van der Waals surface area contributed by atoms with Crippen molar-refractivity contribution in [3.05, 3.63) is 54.8 Å². The molecule has 0 amide bonds. The van der Waals surface area contributed by atoms with E-state index in [0.29, 0.717) is 67.6 Å². The van der Waals surface area contributed by atoms with E-state index in [1.165, 1.54) is 12.1 Å². The molecule has 15 heteroatoms. The second kappa shape index (κ2) is 10.6. The Balaban J connectivity index is 1.07. The first kappa shape index (κ1) is 26.8. The first-order chi connectivity index (χ1) is 19.7. The number of alkyl halides is 3. The Morgan fingerprint density at radius 2 is 1.90 bits per heavy atom. The number of piperazine rings is 1. The molecule has 0 bridgehead atoms. The molecule has 0 radical (unpaired) electrons. The van der Waals surface area contributed by atoms with Gasteiger partial charge in [0.2, 0.25) is 5.95 Å². The predicted octanol–water partition coefficient (Wildman–Crippen LogP) is 3.18. The van der Waals surface area contributed by atoms with Gasteiger partial charge in [-0.25, -0.2) is 9.37 Å². The Hall–Kier alpha value is -4.37. The maximum absolute atomic E-state index is 14.7. The number of aliphatic hydroxyl groups is 1. The smallest absolute Gasteiger partial charge is 0.417 e. The summed E-state index contributed by atoms with van der Waals surface area (Å²) in [5.74, 6) is 0.160. The predicted molar refractivity (Wildman–Crippen MR) is 141 cm³/mol. The molecular formula is C26H26F4N8O3. The number of aliphatic hydroxyl groups excluding tert-OH is 1. The average molecular weight is 575 g/mol. The molecule has 216 valence electrons. The van der Waals surface area contributed by atoms with Gasteiger partial charge in [-0.05, 0) is 30.3 Å². The van der Waals surface area contributed by atoms with E-state index in [2.05, 4.69) is 20.0 Å². The fourth-order valence-electron chi connectivity index (χ4n) is 4.83. The van der Waals surface area contributed by atoms with Crippen LogP contribution in [0.15, 0.2) is 53.4 Å². The van der Waals surface area contributed by atoms with Crippen molar-refractivity contribution in [1.29, 1.82) is 0 Å². The number of ether oxygens (including phenoxy) is 1. The second-order valence-corrected chi connectivity index (χ2v) is 9.69. The number of hydrogen-bond donors (Lipinski definition) is 2. The number of anilines is 2. The summed E-state index contributed by atoms with van der Waals surface area (Å²) in [5.41, 5.74) is 9.21. The van der Waals surface area contributed by atoms with Crippen LogP contribution in [0.4, 0.5) is 29.2 Å². The maximum Gasteiger partial charge on any atom is 0.417 e. The number of halogens is 4. The minimum atomic E-state index is -4.80. The number of hydrogen-bond acceptors (Lipinski definition) is 9.